The van der Waals surface area contributed by atoms with E-state index in [1.807, 2.05) is 0 Å². The molecule has 0 spiro atoms. The molecule has 0 heterocycles. The second kappa shape index (κ2) is 24.2. The molecule has 174 valence electrons. The first-order valence-electron chi connectivity index (χ1n) is 12.5. The quantitative estimate of drug-likeness (QED) is 0.138. The maximum Gasteiger partial charge on any atom is 1.00 e. The van der Waals surface area contributed by atoms with Crippen molar-refractivity contribution in [1.29, 1.82) is 0 Å². The van der Waals surface area contributed by atoms with Crippen molar-refractivity contribution in [3.8, 4) is 0 Å². The summed E-state index contributed by atoms with van der Waals surface area (Å²) in [5, 5.41) is 18.5. The average molecular weight is 453 g/mol. The van der Waals surface area contributed by atoms with E-state index < -0.39 is 17.9 Å². The summed E-state index contributed by atoms with van der Waals surface area (Å²) >= 11 is 0. The monoisotopic (exact) mass is 452 g/mol. The average Bonchev–Trinajstić information content (AvgIpc) is 2.68. The number of aliphatic carboxylic acids is 2. The van der Waals surface area contributed by atoms with Gasteiger partial charge in [-0.1, -0.05) is 129 Å². The minimum Gasteiger partial charge on any atom is -1.00 e. The summed E-state index contributed by atoms with van der Waals surface area (Å²) in [6.07, 6.45) is 22.4. The van der Waals surface area contributed by atoms with Crippen molar-refractivity contribution >= 4 is 11.9 Å². The van der Waals surface area contributed by atoms with Crippen LogP contribution in [0.2, 0.25) is 0 Å². The molecule has 0 aliphatic carbocycles. The van der Waals surface area contributed by atoms with Crippen LogP contribution in [0.3, 0.4) is 0 Å². The zero-order valence-corrected chi connectivity index (χ0v) is 23.4. The number of carbonyl (C=O) groups is 2. The fourth-order valence-corrected chi connectivity index (χ4v) is 4.15. The largest absolute Gasteiger partial charge is 1.00 e. The molecule has 0 radical (unpaired) electrons. The minimum atomic E-state index is -1.25. The number of hydrogen-bond donors (Lipinski definition) is 2. The van der Waals surface area contributed by atoms with E-state index in [9.17, 15) is 19.8 Å². The van der Waals surface area contributed by atoms with Gasteiger partial charge in [-0.3, -0.25) is 9.59 Å². The molecule has 0 saturated carbocycles. The van der Waals surface area contributed by atoms with Crippen LogP contribution >= 0.6 is 0 Å². The molecule has 5 heteroatoms. The van der Waals surface area contributed by atoms with Crippen LogP contribution in [-0.2, 0) is 9.59 Å². The second-order valence-corrected chi connectivity index (χ2v) is 8.86. The van der Waals surface area contributed by atoms with Gasteiger partial charge in [-0.15, -0.1) is 0 Å². The molecule has 0 amide bonds. The second-order valence-electron chi connectivity index (χ2n) is 8.86. The number of unbranched alkanes of at least 4 members (excludes halogenated alkanes) is 14. The third-order valence-corrected chi connectivity index (χ3v) is 6.10. The van der Waals surface area contributed by atoms with Crippen LogP contribution in [-0.4, -0.2) is 22.2 Å². The Morgan fingerprint density at radius 2 is 0.900 bits per heavy atom. The molecule has 0 aromatic carbocycles. The number of rotatable bonds is 22. The molecule has 0 unspecified atom stereocenters. The Hall–Kier alpha value is 0.576. The fraction of sp³-hybridized carbons (Fsp3) is 0.920. The SMILES string of the molecule is CCCCCCCCCCC(CCCCCCCCCC)CC(C(=O)O)C(=O)O.[H-].[K+]. The normalized spacial score (nSPS) is 11.1. The van der Waals surface area contributed by atoms with E-state index >= 15 is 0 Å². The molecule has 0 saturated heterocycles. The van der Waals surface area contributed by atoms with Crippen LogP contribution in [0.5, 0.6) is 0 Å². The van der Waals surface area contributed by atoms with E-state index in [4.69, 9.17) is 0 Å². The third kappa shape index (κ3) is 20.5. The Labute approximate surface area is 230 Å². The van der Waals surface area contributed by atoms with E-state index in [2.05, 4.69) is 13.8 Å². The summed E-state index contributed by atoms with van der Waals surface area (Å²) in [6, 6.07) is 0. The van der Waals surface area contributed by atoms with E-state index in [0.717, 1.165) is 25.7 Å². The molecule has 0 atom stereocenters. The van der Waals surface area contributed by atoms with Crippen LogP contribution in [0.15, 0.2) is 0 Å². The summed E-state index contributed by atoms with van der Waals surface area (Å²) in [5.74, 6) is -3.39. The fourth-order valence-electron chi connectivity index (χ4n) is 4.15. The van der Waals surface area contributed by atoms with Gasteiger partial charge in [0.15, 0.2) is 5.92 Å². The molecule has 0 aliphatic heterocycles. The van der Waals surface area contributed by atoms with Crippen molar-refractivity contribution in [2.45, 2.75) is 136 Å². The summed E-state index contributed by atoms with van der Waals surface area (Å²) in [6.45, 7) is 4.46. The van der Waals surface area contributed by atoms with Gasteiger partial charge in [0.25, 0.3) is 0 Å². The van der Waals surface area contributed by atoms with Crippen LogP contribution in [0, 0.1) is 11.8 Å². The summed E-state index contributed by atoms with van der Waals surface area (Å²) in [4.78, 5) is 22.6. The Balaban J connectivity index is -0.00000392. The van der Waals surface area contributed by atoms with Gasteiger partial charge in [-0.25, -0.2) is 0 Å². The molecular weight excluding hydrogens is 403 g/mol. The number of carboxylic acid groups (broad SMARTS) is 2. The summed E-state index contributed by atoms with van der Waals surface area (Å²) < 4.78 is 0. The predicted octanol–water partition coefficient (Wildman–Crippen LogP) is 4.96. The maximum absolute atomic E-state index is 11.3. The number of hydrogen-bond acceptors (Lipinski definition) is 2. The molecule has 0 fully saturated rings. The predicted molar refractivity (Wildman–Crippen MR) is 122 cm³/mol. The molecule has 4 nitrogen and oxygen atoms in total. The molecule has 0 bridgehead atoms. The topological polar surface area (TPSA) is 74.6 Å². The molecule has 0 aliphatic rings. The third-order valence-electron chi connectivity index (χ3n) is 6.10. The molecular formula is C25H49KO4. The molecule has 0 aromatic rings. The van der Waals surface area contributed by atoms with Gasteiger partial charge < -0.3 is 11.6 Å². The smallest absolute Gasteiger partial charge is 1.00 e. The van der Waals surface area contributed by atoms with Gasteiger partial charge in [0.05, 0.1) is 0 Å². The van der Waals surface area contributed by atoms with Crippen molar-refractivity contribution < 1.29 is 72.6 Å². The van der Waals surface area contributed by atoms with Crippen LogP contribution < -0.4 is 51.4 Å². The van der Waals surface area contributed by atoms with Gasteiger partial charge in [0, 0.05) is 0 Å². The van der Waals surface area contributed by atoms with E-state index in [-0.39, 0.29) is 65.1 Å². The van der Waals surface area contributed by atoms with Crippen LogP contribution in [0.25, 0.3) is 0 Å². The molecule has 2 N–H and O–H groups in total. The van der Waals surface area contributed by atoms with Crippen molar-refractivity contribution in [1.82, 2.24) is 0 Å². The Morgan fingerprint density at radius 1 is 0.600 bits per heavy atom. The summed E-state index contributed by atoms with van der Waals surface area (Å²) in [5.41, 5.74) is 0. The van der Waals surface area contributed by atoms with Gasteiger partial charge in [-0.2, -0.15) is 0 Å². The van der Waals surface area contributed by atoms with Gasteiger partial charge in [0.1, 0.15) is 0 Å². The Morgan fingerprint density at radius 3 is 1.20 bits per heavy atom. The van der Waals surface area contributed by atoms with Crippen molar-refractivity contribution in [3.05, 3.63) is 0 Å². The summed E-state index contributed by atoms with van der Waals surface area (Å²) in [7, 11) is 0. The first kappa shape index (κ1) is 32.8. The van der Waals surface area contributed by atoms with E-state index in [1.54, 1.807) is 0 Å². The minimum absolute atomic E-state index is 0. The number of carboxylic acids is 2. The zero-order chi connectivity index (χ0) is 21.7. The Kier molecular flexibility index (Phi) is 26.4. The van der Waals surface area contributed by atoms with Gasteiger partial charge in [0.2, 0.25) is 0 Å². The van der Waals surface area contributed by atoms with Crippen molar-refractivity contribution in [3.63, 3.8) is 0 Å². The van der Waals surface area contributed by atoms with Crippen LogP contribution in [0.4, 0.5) is 0 Å². The molecule has 0 rings (SSSR count). The van der Waals surface area contributed by atoms with Crippen LogP contribution in [0.1, 0.15) is 137 Å². The standard InChI is InChI=1S/C25H48O4.K.H/c1-3-5-7-9-11-13-15-17-19-22(21-23(24(26)27)25(28)29)20-18-16-14-12-10-8-6-4-2;;/h22-23H,3-21H2,1-2H3,(H,26,27)(H,28,29);;/q;+1;-1. The molecule has 0 aromatic heterocycles. The van der Waals surface area contributed by atoms with Crippen molar-refractivity contribution in [2.24, 2.45) is 11.8 Å². The first-order chi connectivity index (χ1) is 14.0. The molecule has 30 heavy (non-hydrogen) atoms. The zero-order valence-electron chi connectivity index (χ0n) is 21.3. The van der Waals surface area contributed by atoms with E-state index in [1.165, 1.54) is 89.9 Å². The van der Waals surface area contributed by atoms with Crippen molar-refractivity contribution in [2.75, 3.05) is 0 Å². The van der Waals surface area contributed by atoms with E-state index in [0.29, 0.717) is 0 Å². The maximum atomic E-state index is 11.3. The Bertz CT molecular complexity index is 373. The van der Waals surface area contributed by atoms with Gasteiger partial charge in [-0.05, 0) is 12.3 Å². The first-order valence-corrected chi connectivity index (χ1v) is 12.5. The van der Waals surface area contributed by atoms with Gasteiger partial charge >= 0.3 is 63.3 Å².